The second kappa shape index (κ2) is 12.8. The van der Waals surface area contributed by atoms with Gasteiger partial charge >= 0.3 is 0 Å². The SMILES string of the molecule is CC(=O)CCOCCOCCOCCN1CCN(CC(C)(C)C)CC1. The molecular weight excluding hydrogens is 320 g/mol. The number of ketones is 1. The molecule has 0 atom stereocenters. The number of nitrogens with zero attached hydrogens (tertiary/aromatic N) is 2. The molecule has 0 aliphatic carbocycles. The third-order valence-electron chi connectivity index (χ3n) is 4.06. The lowest BCUT2D eigenvalue weighted by Gasteiger charge is -2.37. The van der Waals surface area contributed by atoms with E-state index < -0.39 is 0 Å². The van der Waals surface area contributed by atoms with Gasteiger partial charge in [0.1, 0.15) is 5.78 Å². The fourth-order valence-corrected chi connectivity index (χ4v) is 2.79. The van der Waals surface area contributed by atoms with Crippen LogP contribution in [0, 0.1) is 5.41 Å². The molecule has 6 heteroatoms. The van der Waals surface area contributed by atoms with Gasteiger partial charge < -0.3 is 19.1 Å². The summed E-state index contributed by atoms with van der Waals surface area (Å²) in [6.07, 6.45) is 0.480. The smallest absolute Gasteiger partial charge is 0.132 e. The lowest BCUT2D eigenvalue weighted by Crippen LogP contribution is -2.49. The van der Waals surface area contributed by atoms with Crippen LogP contribution in [-0.4, -0.2) is 94.5 Å². The van der Waals surface area contributed by atoms with Gasteiger partial charge in [0.15, 0.2) is 0 Å². The van der Waals surface area contributed by atoms with Gasteiger partial charge in [-0.3, -0.25) is 9.69 Å². The Morgan fingerprint density at radius 1 is 0.800 bits per heavy atom. The Kier molecular flexibility index (Phi) is 11.5. The zero-order valence-electron chi connectivity index (χ0n) is 16.7. The van der Waals surface area contributed by atoms with E-state index >= 15 is 0 Å². The quantitative estimate of drug-likeness (QED) is 0.467. The zero-order valence-corrected chi connectivity index (χ0v) is 16.7. The van der Waals surface area contributed by atoms with E-state index in [9.17, 15) is 4.79 Å². The van der Waals surface area contributed by atoms with Crippen molar-refractivity contribution in [2.75, 3.05) is 78.9 Å². The molecule has 0 amide bonds. The Labute approximate surface area is 153 Å². The van der Waals surface area contributed by atoms with Crippen LogP contribution >= 0.6 is 0 Å². The molecule has 0 aromatic rings. The lowest BCUT2D eigenvalue weighted by molar-refractivity contribution is -0.118. The predicted octanol–water partition coefficient (Wildman–Crippen LogP) is 1.68. The van der Waals surface area contributed by atoms with Crippen LogP contribution in [0.1, 0.15) is 34.1 Å². The van der Waals surface area contributed by atoms with Crippen LogP contribution in [0.15, 0.2) is 0 Å². The fourth-order valence-electron chi connectivity index (χ4n) is 2.79. The largest absolute Gasteiger partial charge is 0.379 e. The van der Waals surface area contributed by atoms with Gasteiger partial charge in [-0.25, -0.2) is 0 Å². The Morgan fingerprint density at radius 3 is 1.80 bits per heavy atom. The number of hydrogen-bond acceptors (Lipinski definition) is 6. The van der Waals surface area contributed by atoms with Gasteiger partial charge in [0.25, 0.3) is 0 Å². The van der Waals surface area contributed by atoms with Crippen LogP contribution < -0.4 is 0 Å². The zero-order chi connectivity index (χ0) is 18.5. The van der Waals surface area contributed by atoms with Gasteiger partial charge in [-0.15, -0.1) is 0 Å². The van der Waals surface area contributed by atoms with Crippen molar-refractivity contribution < 1.29 is 19.0 Å². The third kappa shape index (κ3) is 13.3. The Balaban J connectivity index is 1.85. The van der Waals surface area contributed by atoms with E-state index in [1.807, 2.05) is 0 Å². The second-order valence-corrected chi connectivity index (χ2v) is 7.97. The summed E-state index contributed by atoms with van der Waals surface area (Å²) in [5, 5.41) is 0. The van der Waals surface area contributed by atoms with Gasteiger partial charge in [0, 0.05) is 45.7 Å². The summed E-state index contributed by atoms with van der Waals surface area (Å²) in [7, 11) is 0. The summed E-state index contributed by atoms with van der Waals surface area (Å²) < 4.78 is 16.4. The van der Waals surface area contributed by atoms with Crippen molar-refractivity contribution in [3.63, 3.8) is 0 Å². The molecule has 0 radical (unpaired) electrons. The maximum Gasteiger partial charge on any atom is 0.132 e. The number of hydrogen-bond donors (Lipinski definition) is 0. The number of rotatable bonds is 13. The minimum Gasteiger partial charge on any atom is -0.379 e. The first-order chi connectivity index (χ1) is 11.9. The van der Waals surface area contributed by atoms with Crippen LogP contribution in [0.3, 0.4) is 0 Å². The molecule has 0 spiro atoms. The number of piperazine rings is 1. The fraction of sp³-hybridized carbons (Fsp3) is 0.947. The molecule has 0 bridgehead atoms. The first-order valence-electron chi connectivity index (χ1n) is 9.54. The van der Waals surface area contributed by atoms with E-state index in [1.54, 1.807) is 6.92 Å². The summed E-state index contributed by atoms with van der Waals surface area (Å²) in [4.78, 5) is 15.8. The van der Waals surface area contributed by atoms with Gasteiger partial charge in [0.2, 0.25) is 0 Å². The highest BCUT2D eigenvalue weighted by molar-refractivity contribution is 5.75. The summed E-state index contributed by atoms with van der Waals surface area (Å²) in [5.41, 5.74) is 0.379. The molecule has 0 N–H and O–H groups in total. The Morgan fingerprint density at radius 2 is 1.28 bits per heavy atom. The Bertz CT molecular complexity index is 350. The Hall–Kier alpha value is -0.530. The van der Waals surface area contributed by atoms with E-state index in [0.717, 1.165) is 39.3 Å². The lowest BCUT2D eigenvalue weighted by atomic mass is 9.96. The first kappa shape index (κ1) is 22.5. The molecular formula is C19H38N2O4. The van der Waals surface area contributed by atoms with Crippen LogP contribution in [0.5, 0.6) is 0 Å². The number of carbonyl (C=O) groups is 1. The van der Waals surface area contributed by atoms with Gasteiger partial charge in [0.05, 0.1) is 39.6 Å². The molecule has 148 valence electrons. The van der Waals surface area contributed by atoms with Crippen LogP contribution in [0.2, 0.25) is 0 Å². The third-order valence-corrected chi connectivity index (χ3v) is 4.06. The number of ether oxygens (including phenoxy) is 3. The monoisotopic (exact) mass is 358 g/mol. The summed E-state index contributed by atoms with van der Waals surface area (Å²) in [6.45, 7) is 18.8. The molecule has 0 saturated carbocycles. The molecule has 25 heavy (non-hydrogen) atoms. The molecule has 1 saturated heterocycles. The van der Waals surface area contributed by atoms with Crippen molar-refractivity contribution >= 4 is 5.78 Å². The maximum absolute atomic E-state index is 10.7. The topological polar surface area (TPSA) is 51.2 Å². The number of Topliss-reactive ketones (excluding diaryl/α,β-unsaturated/α-hetero) is 1. The van der Waals surface area contributed by atoms with Gasteiger partial charge in [-0.2, -0.15) is 0 Å². The predicted molar refractivity (Wildman–Crippen MR) is 100 cm³/mol. The molecule has 0 unspecified atom stereocenters. The van der Waals surface area contributed by atoms with Gasteiger partial charge in [-0.05, 0) is 12.3 Å². The summed E-state index contributed by atoms with van der Waals surface area (Å²) >= 11 is 0. The number of carbonyl (C=O) groups excluding carboxylic acids is 1. The minimum atomic E-state index is 0.157. The molecule has 1 fully saturated rings. The second-order valence-electron chi connectivity index (χ2n) is 7.97. The van der Waals surface area contributed by atoms with Crippen molar-refractivity contribution in [1.29, 1.82) is 0 Å². The average Bonchev–Trinajstić information content (AvgIpc) is 2.52. The van der Waals surface area contributed by atoms with Crippen molar-refractivity contribution in [2.45, 2.75) is 34.1 Å². The minimum absolute atomic E-state index is 0.157. The van der Waals surface area contributed by atoms with Crippen molar-refractivity contribution in [1.82, 2.24) is 9.80 Å². The molecule has 0 aromatic carbocycles. The summed E-state index contributed by atoms with van der Waals surface area (Å²) in [6, 6.07) is 0. The summed E-state index contributed by atoms with van der Waals surface area (Å²) in [5.74, 6) is 0.157. The first-order valence-corrected chi connectivity index (χ1v) is 9.54. The molecule has 1 aliphatic rings. The van der Waals surface area contributed by atoms with E-state index in [1.165, 1.54) is 6.54 Å². The average molecular weight is 359 g/mol. The molecule has 1 aliphatic heterocycles. The highest BCUT2D eigenvalue weighted by atomic mass is 16.5. The van der Waals surface area contributed by atoms with E-state index in [-0.39, 0.29) is 5.78 Å². The highest BCUT2D eigenvalue weighted by Gasteiger charge is 2.21. The van der Waals surface area contributed by atoms with Crippen LogP contribution in [0.4, 0.5) is 0 Å². The molecule has 6 nitrogen and oxygen atoms in total. The van der Waals surface area contributed by atoms with Crippen LogP contribution in [-0.2, 0) is 19.0 Å². The van der Waals surface area contributed by atoms with E-state index in [4.69, 9.17) is 14.2 Å². The van der Waals surface area contributed by atoms with Gasteiger partial charge in [-0.1, -0.05) is 20.8 Å². The standard InChI is InChI=1S/C19H38N2O4/c1-18(22)5-11-23-13-15-25-16-14-24-12-10-20-6-8-21(9-7-20)17-19(2,3)4/h5-17H2,1-4H3. The molecule has 1 heterocycles. The van der Waals surface area contributed by atoms with Crippen molar-refractivity contribution in [3.8, 4) is 0 Å². The van der Waals surface area contributed by atoms with Crippen LogP contribution in [0.25, 0.3) is 0 Å². The molecule has 0 aromatic heterocycles. The van der Waals surface area contributed by atoms with E-state index in [2.05, 4.69) is 30.6 Å². The molecule has 1 rings (SSSR count). The normalized spacial score (nSPS) is 17.1. The maximum atomic E-state index is 10.7. The highest BCUT2D eigenvalue weighted by Crippen LogP contribution is 2.16. The van der Waals surface area contributed by atoms with Crippen molar-refractivity contribution in [3.05, 3.63) is 0 Å². The van der Waals surface area contributed by atoms with Crippen molar-refractivity contribution in [2.24, 2.45) is 5.41 Å². The van der Waals surface area contributed by atoms with E-state index in [0.29, 0.717) is 44.9 Å².